The first-order valence-electron chi connectivity index (χ1n) is 6.54. The van der Waals surface area contributed by atoms with Crippen LogP contribution in [0, 0.1) is 27.7 Å². The van der Waals surface area contributed by atoms with E-state index in [-0.39, 0.29) is 5.69 Å². The zero-order valence-corrected chi connectivity index (χ0v) is 12.8. The fourth-order valence-electron chi connectivity index (χ4n) is 2.19. The number of hydrogen-bond donors (Lipinski definition) is 0. The molecule has 0 fully saturated rings. The van der Waals surface area contributed by atoms with Crippen LogP contribution in [0.4, 0.5) is 14.5 Å². The third-order valence-corrected chi connectivity index (χ3v) is 3.47. The number of rotatable bonds is 6. The fourth-order valence-corrected chi connectivity index (χ4v) is 2.19. The Bertz CT molecular complexity index is 555. The standard InChI is InChI=1S/C14H18F2N2O4/c1-8(14(19)22-4)10(7-18(20)21)13-11(15)5-9(17(2)3)6-12(13)16/h5-6,8,10H,7H2,1-4H3/t8?,10-/m1/s1. The molecule has 8 heteroatoms. The molecule has 0 saturated carbocycles. The molecular formula is C14H18F2N2O4. The molecule has 0 radical (unpaired) electrons. The minimum Gasteiger partial charge on any atom is -0.469 e. The van der Waals surface area contributed by atoms with E-state index in [2.05, 4.69) is 4.74 Å². The minimum atomic E-state index is -1.25. The van der Waals surface area contributed by atoms with E-state index in [1.807, 2.05) is 0 Å². The first-order valence-corrected chi connectivity index (χ1v) is 6.54. The molecular weight excluding hydrogens is 298 g/mol. The third kappa shape index (κ3) is 3.90. The van der Waals surface area contributed by atoms with Gasteiger partial charge in [0.25, 0.3) is 0 Å². The summed E-state index contributed by atoms with van der Waals surface area (Å²) in [4.78, 5) is 23.2. The highest BCUT2D eigenvalue weighted by Gasteiger charge is 2.35. The zero-order valence-electron chi connectivity index (χ0n) is 12.8. The largest absolute Gasteiger partial charge is 0.469 e. The molecule has 122 valence electrons. The summed E-state index contributed by atoms with van der Waals surface area (Å²) in [7, 11) is 4.34. The number of halogens is 2. The van der Waals surface area contributed by atoms with Gasteiger partial charge in [0.2, 0.25) is 6.54 Å². The van der Waals surface area contributed by atoms with Gasteiger partial charge in [-0.2, -0.15) is 0 Å². The summed E-state index contributed by atoms with van der Waals surface area (Å²) in [6, 6.07) is 2.16. The van der Waals surface area contributed by atoms with Crippen molar-refractivity contribution in [2.75, 3.05) is 32.6 Å². The molecule has 1 aromatic carbocycles. The van der Waals surface area contributed by atoms with Crippen molar-refractivity contribution in [3.8, 4) is 0 Å². The highest BCUT2D eigenvalue weighted by Crippen LogP contribution is 2.32. The van der Waals surface area contributed by atoms with Crippen LogP contribution < -0.4 is 4.90 Å². The summed E-state index contributed by atoms with van der Waals surface area (Å²) in [5.74, 6) is -4.91. The first-order chi connectivity index (χ1) is 10.2. The second kappa shape index (κ2) is 7.15. The Morgan fingerprint density at radius 1 is 1.36 bits per heavy atom. The van der Waals surface area contributed by atoms with Crippen LogP contribution in [-0.2, 0) is 9.53 Å². The first kappa shape index (κ1) is 17.8. The summed E-state index contributed by atoms with van der Waals surface area (Å²) in [6.07, 6.45) is 0. The number of nitrogens with zero attached hydrogens (tertiary/aromatic N) is 2. The summed E-state index contributed by atoms with van der Waals surface area (Å²) in [5, 5.41) is 10.8. The highest BCUT2D eigenvalue weighted by atomic mass is 19.1. The Morgan fingerprint density at radius 2 is 1.86 bits per heavy atom. The molecule has 0 aliphatic heterocycles. The molecule has 0 aliphatic rings. The maximum atomic E-state index is 14.3. The van der Waals surface area contributed by atoms with Crippen LogP contribution in [0.15, 0.2) is 12.1 Å². The molecule has 0 saturated heterocycles. The van der Waals surface area contributed by atoms with Crippen molar-refractivity contribution in [2.24, 2.45) is 5.92 Å². The van der Waals surface area contributed by atoms with Crippen LogP contribution in [0.5, 0.6) is 0 Å². The molecule has 22 heavy (non-hydrogen) atoms. The van der Waals surface area contributed by atoms with Crippen LogP contribution in [0.1, 0.15) is 18.4 Å². The summed E-state index contributed by atoms with van der Waals surface area (Å²) in [5.41, 5.74) is -0.190. The second-order valence-corrected chi connectivity index (χ2v) is 5.15. The van der Waals surface area contributed by atoms with Gasteiger partial charge in [-0.1, -0.05) is 6.92 Å². The number of hydrogen-bond acceptors (Lipinski definition) is 5. The molecule has 0 amide bonds. The molecule has 0 heterocycles. The summed E-state index contributed by atoms with van der Waals surface area (Å²) >= 11 is 0. The van der Waals surface area contributed by atoms with Gasteiger partial charge < -0.3 is 9.64 Å². The lowest BCUT2D eigenvalue weighted by Gasteiger charge is -2.22. The number of carbonyl (C=O) groups is 1. The lowest BCUT2D eigenvalue weighted by atomic mass is 9.86. The number of benzene rings is 1. The van der Waals surface area contributed by atoms with Gasteiger partial charge in [0.05, 0.1) is 18.9 Å². The molecule has 0 N–H and O–H groups in total. The van der Waals surface area contributed by atoms with Crippen molar-refractivity contribution in [1.29, 1.82) is 0 Å². The van der Waals surface area contributed by atoms with Gasteiger partial charge in [0, 0.05) is 30.3 Å². The Morgan fingerprint density at radius 3 is 2.23 bits per heavy atom. The number of ether oxygens (including phenoxy) is 1. The topological polar surface area (TPSA) is 72.7 Å². The van der Waals surface area contributed by atoms with Gasteiger partial charge in [-0.3, -0.25) is 14.9 Å². The minimum absolute atomic E-state index is 0.282. The fraction of sp³-hybridized carbons (Fsp3) is 0.500. The van der Waals surface area contributed by atoms with Gasteiger partial charge >= 0.3 is 5.97 Å². The Hall–Kier alpha value is -2.25. The van der Waals surface area contributed by atoms with Crippen LogP contribution in [-0.4, -0.2) is 38.6 Å². The van der Waals surface area contributed by atoms with Crippen LogP contribution in [0.3, 0.4) is 0 Å². The van der Waals surface area contributed by atoms with E-state index >= 15 is 0 Å². The normalized spacial score (nSPS) is 13.4. The molecule has 0 aliphatic carbocycles. The van der Waals surface area contributed by atoms with Gasteiger partial charge in [-0.25, -0.2) is 8.78 Å². The Balaban J connectivity index is 3.36. The average Bonchev–Trinajstić information content (AvgIpc) is 2.43. The van der Waals surface area contributed by atoms with Gasteiger partial charge in [0.1, 0.15) is 11.6 Å². The maximum Gasteiger partial charge on any atom is 0.309 e. The van der Waals surface area contributed by atoms with Crippen LogP contribution in [0.25, 0.3) is 0 Å². The zero-order chi connectivity index (χ0) is 17.0. The van der Waals surface area contributed by atoms with Crippen molar-refractivity contribution in [1.82, 2.24) is 0 Å². The van der Waals surface area contributed by atoms with Gasteiger partial charge in [0.15, 0.2) is 0 Å². The molecule has 6 nitrogen and oxygen atoms in total. The predicted octanol–water partition coefficient (Wildman–Crippen LogP) is 2.20. The van der Waals surface area contributed by atoms with Gasteiger partial charge in [-0.05, 0) is 12.1 Å². The molecule has 1 aromatic rings. The summed E-state index contributed by atoms with van der Waals surface area (Å²) in [6.45, 7) is 0.574. The van der Waals surface area contributed by atoms with E-state index in [1.165, 1.54) is 11.8 Å². The van der Waals surface area contributed by atoms with Crippen LogP contribution in [0.2, 0.25) is 0 Å². The van der Waals surface area contributed by atoms with Crippen molar-refractivity contribution in [2.45, 2.75) is 12.8 Å². The Labute approximate surface area is 126 Å². The SMILES string of the molecule is COC(=O)C(C)[C@@H](C[N+](=O)[O-])c1c(F)cc(N(C)C)cc1F. The Kier molecular flexibility index (Phi) is 5.78. The monoisotopic (exact) mass is 316 g/mol. The quantitative estimate of drug-likeness (QED) is 0.457. The van der Waals surface area contributed by atoms with Crippen molar-refractivity contribution >= 4 is 11.7 Å². The van der Waals surface area contributed by atoms with Crippen LogP contribution >= 0.6 is 0 Å². The average molecular weight is 316 g/mol. The third-order valence-electron chi connectivity index (χ3n) is 3.47. The summed E-state index contributed by atoms with van der Waals surface area (Å²) < 4.78 is 33.0. The number of carbonyl (C=O) groups excluding carboxylic acids is 1. The number of nitro groups is 1. The van der Waals surface area contributed by atoms with E-state index in [0.717, 1.165) is 19.2 Å². The number of methoxy groups -OCH3 is 1. The second-order valence-electron chi connectivity index (χ2n) is 5.15. The number of esters is 1. The molecule has 1 unspecified atom stereocenters. The highest BCUT2D eigenvalue weighted by molar-refractivity contribution is 5.73. The van der Waals surface area contributed by atoms with Crippen molar-refractivity contribution in [3.63, 3.8) is 0 Å². The van der Waals surface area contributed by atoms with E-state index in [9.17, 15) is 23.7 Å². The van der Waals surface area contributed by atoms with E-state index in [0.29, 0.717) is 0 Å². The smallest absolute Gasteiger partial charge is 0.309 e. The number of anilines is 1. The lowest BCUT2D eigenvalue weighted by molar-refractivity contribution is -0.484. The van der Waals surface area contributed by atoms with Crippen molar-refractivity contribution < 1.29 is 23.2 Å². The maximum absolute atomic E-state index is 14.3. The molecule has 0 bridgehead atoms. The molecule has 1 rings (SSSR count). The molecule has 0 spiro atoms. The van der Waals surface area contributed by atoms with E-state index < -0.39 is 46.5 Å². The molecule has 2 atom stereocenters. The van der Waals surface area contributed by atoms with E-state index in [1.54, 1.807) is 14.1 Å². The lowest BCUT2D eigenvalue weighted by Crippen LogP contribution is -2.28. The molecule has 0 aromatic heterocycles. The van der Waals surface area contributed by atoms with Crippen molar-refractivity contribution in [3.05, 3.63) is 39.4 Å². The predicted molar refractivity (Wildman–Crippen MR) is 76.5 cm³/mol. The van der Waals surface area contributed by atoms with E-state index in [4.69, 9.17) is 0 Å². The van der Waals surface area contributed by atoms with Gasteiger partial charge in [-0.15, -0.1) is 0 Å².